The zero-order valence-corrected chi connectivity index (χ0v) is 7.75. The molecule has 4 nitrogen and oxygen atoms in total. The van der Waals surface area contributed by atoms with Gasteiger partial charge in [0.05, 0.1) is 12.2 Å². The second kappa shape index (κ2) is 4.41. The van der Waals surface area contributed by atoms with Crippen LogP contribution in [0.2, 0.25) is 0 Å². The van der Waals surface area contributed by atoms with E-state index in [0.717, 1.165) is 5.69 Å². The molecule has 0 radical (unpaired) electrons. The first-order valence-corrected chi connectivity index (χ1v) is 4.30. The SMILES string of the molecule is CC(O)(CO)CNCc1ccc[nH]1. The zero-order chi connectivity index (χ0) is 9.73. The number of hydrogen-bond acceptors (Lipinski definition) is 3. The van der Waals surface area contributed by atoms with Crippen LogP contribution in [0.4, 0.5) is 0 Å². The van der Waals surface area contributed by atoms with Crippen molar-refractivity contribution in [2.75, 3.05) is 13.2 Å². The summed E-state index contributed by atoms with van der Waals surface area (Å²) < 4.78 is 0. The highest BCUT2D eigenvalue weighted by molar-refractivity contribution is 5.03. The number of aromatic nitrogens is 1. The summed E-state index contributed by atoms with van der Waals surface area (Å²) in [6, 6.07) is 3.88. The maximum Gasteiger partial charge on any atom is 0.0972 e. The highest BCUT2D eigenvalue weighted by Gasteiger charge is 2.17. The number of rotatable bonds is 5. The van der Waals surface area contributed by atoms with Crippen LogP contribution in [-0.2, 0) is 6.54 Å². The minimum atomic E-state index is -1.04. The Hall–Kier alpha value is -0.840. The first-order chi connectivity index (χ1) is 6.14. The largest absolute Gasteiger partial charge is 0.393 e. The molecule has 1 heterocycles. The normalized spacial score (nSPS) is 15.6. The Morgan fingerprint density at radius 1 is 1.62 bits per heavy atom. The molecule has 4 heteroatoms. The maximum absolute atomic E-state index is 9.43. The third kappa shape index (κ3) is 3.59. The smallest absolute Gasteiger partial charge is 0.0972 e. The van der Waals surface area contributed by atoms with Crippen LogP contribution in [0, 0.1) is 0 Å². The Kier molecular flexibility index (Phi) is 3.48. The Balaban J connectivity index is 2.21. The molecular formula is C9H16N2O2. The van der Waals surface area contributed by atoms with Crippen molar-refractivity contribution in [3.8, 4) is 0 Å². The minimum Gasteiger partial charge on any atom is -0.393 e. The van der Waals surface area contributed by atoms with Gasteiger partial charge < -0.3 is 20.5 Å². The van der Waals surface area contributed by atoms with E-state index in [-0.39, 0.29) is 6.61 Å². The van der Waals surface area contributed by atoms with Crippen LogP contribution in [0.25, 0.3) is 0 Å². The molecule has 13 heavy (non-hydrogen) atoms. The molecule has 0 aliphatic rings. The van der Waals surface area contributed by atoms with E-state index >= 15 is 0 Å². The van der Waals surface area contributed by atoms with Gasteiger partial charge in [-0.15, -0.1) is 0 Å². The molecule has 0 saturated carbocycles. The van der Waals surface area contributed by atoms with Crippen molar-refractivity contribution in [1.82, 2.24) is 10.3 Å². The number of H-pyrrole nitrogens is 1. The summed E-state index contributed by atoms with van der Waals surface area (Å²) in [7, 11) is 0. The summed E-state index contributed by atoms with van der Waals surface area (Å²) in [5.74, 6) is 0. The molecule has 0 aromatic carbocycles. The van der Waals surface area contributed by atoms with Crippen LogP contribution in [-0.4, -0.2) is 33.9 Å². The third-order valence-corrected chi connectivity index (χ3v) is 1.82. The molecule has 0 aliphatic carbocycles. The first-order valence-electron chi connectivity index (χ1n) is 4.30. The van der Waals surface area contributed by atoms with Crippen LogP contribution in [0.1, 0.15) is 12.6 Å². The monoisotopic (exact) mass is 184 g/mol. The molecule has 0 aliphatic heterocycles. The Morgan fingerprint density at radius 2 is 2.38 bits per heavy atom. The minimum absolute atomic E-state index is 0.231. The van der Waals surface area contributed by atoms with Crippen molar-refractivity contribution < 1.29 is 10.2 Å². The van der Waals surface area contributed by atoms with Crippen molar-refractivity contribution >= 4 is 0 Å². The standard InChI is InChI=1S/C9H16N2O2/c1-9(13,7-12)6-10-5-8-3-2-4-11-8/h2-4,10-13H,5-7H2,1H3. The average Bonchev–Trinajstić information content (AvgIpc) is 2.57. The summed E-state index contributed by atoms with van der Waals surface area (Å²) in [5.41, 5.74) is 0.0285. The predicted molar refractivity (Wildman–Crippen MR) is 50.2 cm³/mol. The van der Waals surface area contributed by atoms with E-state index in [0.29, 0.717) is 13.1 Å². The van der Waals surface area contributed by atoms with Gasteiger partial charge >= 0.3 is 0 Å². The van der Waals surface area contributed by atoms with Crippen LogP contribution in [0.3, 0.4) is 0 Å². The Morgan fingerprint density at radius 3 is 2.92 bits per heavy atom. The molecular weight excluding hydrogens is 168 g/mol. The lowest BCUT2D eigenvalue weighted by Gasteiger charge is -2.20. The molecule has 0 spiro atoms. The summed E-state index contributed by atoms with van der Waals surface area (Å²) >= 11 is 0. The topological polar surface area (TPSA) is 68.3 Å². The van der Waals surface area contributed by atoms with Crippen molar-refractivity contribution in [2.45, 2.75) is 19.1 Å². The number of nitrogens with one attached hydrogen (secondary N) is 2. The molecule has 1 aromatic rings. The van der Waals surface area contributed by atoms with Crippen LogP contribution in [0.15, 0.2) is 18.3 Å². The highest BCUT2D eigenvalue weighted by atomic mass is 16.3. The van der Waals surface area contributed by atoms with Crippen LogP contribution in [0.5, 0.6) is 0 Å². The molecule has 74 valence electrons. The van der Waals surface area contributed by atoms with E-state index in [1.54, 1.807) is 6.92 Å². The molecule has 4 N–H and O–H groups in total. The summed E-state index contributed by atoms with van der Waals surface area (Å²) in [4.78, 5) is 3.03. The fourth-order valence-corrected chi connectivity index (χ4v) is 1.000. The van der Waals surface area contributed by atoms with Gasteiger partial charge in [0.25, 0.3) is 0 Å². The van der Waals surface area contributed by atoms with Gasteiger partial charge in [0.15, 0.2) is 0 Å². The van der Waals surface area contributed by atoms with Crippen LogP contribution < -0.4 is 5.32 Å². The lowest BCUT2D eigenvalue weighted by atomic mass is 10.1. The van der Waals surface area contributed by atoms with Gasteiger partial charge in [0.2, 0.25) is 0 Å². The van der Waals surface area contributed by atoms with Crippen molar-refractivity contribution in [2.24, 2.45) is 0 Å². The molecule has 1 rings (SSSR count). The quantitative estimate of drug-likeness (QED) is 0.514. The number of aromatic amines is 1. The van der Waals surface area contributed by atoms with Gasteiger partial charge in [-0.1, -0.05) is 0 Å². The summed E-state index contributed by atoms with van der Waals surface area (Å²) in [6.45, 7) is 2.41. The van der Waals surface area contributed by atoms with Gasteiger partial charge in [-0.25, -0.2) is 0 Å². The third-order valence-electron chi connectivity index (χ3n) is 1.82. The molecule has 1 aromatic heterocycles. The predicted octanol–water partition coefficient (Wildman–Crippen LogP) is -0.152. The molecule has 1 unspecified atom stereocenters. The molecule has 1 atom stereocenters. The van der Waals surface area contributed by atoms with E-state index in [1.165, 1.54) is 0 Å². The molecule has 0 saturated heterocycles. The Bertz CT molecular complexity index is 232. The second-order valence-corrected chi connectivity index (χ2v) is 3.45. The van der Waals surface area contributed by atoms with E-state index in [1.807, 2.05) is 18.3 Å². The molecule has 0 amide bonds. The van der Waals surface area contributed by atoms with Gasteiger partial charge in [-0.05, 0) is 19.1 Å². The van der Waals surface area contributed by atoms with Gasteiger partial charge in [-0.2, -0.15) is 0 Å². The second-order valence-electron chi connectivity index (χ2n) is 3.45. The Labute approximate surface area is 77.6 Å². The lowest BCUT2D eigenvalue weighted by molar-refractivity contribution is 0.00249. The van der Waals surface area contributed by atoms with E-state index in [4.69, 9.17) is 5.11 Å². The van der Waals surface area contributed by atoms with E-state index in [2.05, 4.69) is 10.3 Å². The number of hydrogen-bond donors (Lipinski definition) is 4. The van der Waals surface area contributed by atoms with E-state index in [9.17, 15) is 5.11 Å². The molecule has 0 bridgehead atoms. The van der Waals surface area contributed by atoms with Gasteiger partial charge in [0.1, 0.15) is 0 Å². The maximum atomic E-state index is 9.43. The number of aliphatic hydroxyl groups excluding tert-OH is 1. The first kappa shape index (κ1) is 10.2. The van der Waals surface area contributed by atoms with Crippen molar-refractivity contribution in [3.63, 3.8) is 0 Å². The highest BCUT2D eigenvalue weighted by Crippen LogP contribution is 1.99. The fourth-order valence-electron chi connectivity index (χ4n) is 1.000. The fraction of sp³-hybridized carbons (Fsp3) is 0.556. The summed E-state index contributed by atoms with van der Waals surface area (Å²) in [6.07, 6.45) is 1.85. The van der Waals surface area contributed by atoms with Gasteiger partial charge in [-0.3, -0.25) is 0 Å². The summed E-state index contributed by atoms with van der Waals surface area (Å²) in [5, 5.41) is 21.2. The molecule has 0 fully saturated rings. The van der Waals surface area contributed by atoms with Gasteiger partial charge in [0, 0.05) is 25.0 Å². The van der Waals surface area contributed by atoms with Crippen LogP contribution >= 0.6 is 0 Å². The lowest BCUT2D eigenvalue weighted by Crippen LogP contribution is -2.40. The zero-order valence-electron chi connectivity index (χ0n) is 7.75. The van der Waals surface area contributed by atoms with Crippen molar-refractivity contribution in [3.05, 3.63) is 24.0 Å². The van der Waals surface area contributed by atoms with E-state index < -0.39 is 5.60 Å². The average molecular weight is 184 g/mol. The van der Waals surface area contributed by atoms with Crippen molar-refractivity contribution in [1.29, 1.82) is 0 Å². The number of aliphatic hydroxyl groups is 2.